The molecule has 0 N–H and O–H groups in total. The van der Waals surface area contributed by atoms with Crippen LogP contribution in [0, 0.1) is 0 Å². The third-order valence-corrected chi connectivity index (χ3v) is 0. The Kier molecular flexibility index (Phi) is 8.84. The van der Waals surface area contributed by atoms with Gasteiger partial charge in [0.15, 0.2) is 0 Å². The summed E-state index contributed by atoms with van der Waals surface area (Å²) in [7, 11) is -10.3. The molecular formula is ClO8S2-5. The van der Waals surface area contributed by atoms with E-state index in [-0.39, 0.29) is 12.4 Å². The Balaban J connectivity index is -0.000000107. The van der Waals surface area contributed by atoms with Crippen molar-refractivity contribution in [2.24, 2.45) is 0 Å². The van der Waals surface area contributed by atoms with Gasteiger partial charge in [-0.25, -0.2) is 0 Å². The molecule has 0 aromatic carbocycles. The first-order chi connectivity index (χ1) is 4.00. The lowest BCUT2D eigenvalue weighted by molar-refractivity contribution is -0.0000166. The van der Waals surface area contributed by atoms with Gasteiger partial charge < -0.3 is 30.6 Å². The molecular weight excluding hydrogens is 228 g/mol. The summed E-state index contributed by atoms with van der Waals surface area (Å²) in [6.45, 7) is 0. The smallest absolute Gasteiger partial charge is 0.0311 e. The van der Waals surface area contributed by atoms with E-state index in [1.807, 2.05) is 0 Å². The van der Waals surface area contributed by atoms with Crippen LogP contribution in [0.5, 0.6) is 0 Å². The number of hydrogen-bond donors (Lipinski definition) is 0. The van der Waals surface area contributed by atoms with Gasteiger partial charge in [0.05, 0.1) is 0 Å². The minimum Gasteiger partial charge on any atom is -1.00 e. The first kappa shape index (κ1) is 17.2. The minimum absolute atomic E-state index is 0. The summed E-state index contributed by atoms with van der Waals surface area (Å²) in [4.78, 5) is 0. The Labute approximate surface area is 68.8 Å². The fourth-order valence-corrected chi connectivity index (χ4v) is 0. The zero-order valence-electron chi connectivity index (χ0n) is 4.46. The van der Waals surface area contributed by atoms with Crippen molar-refractivity contribution < 1.29 is 47.5 Å². The van der Waals surface area contributed by atoms with Crippen LogP contribution in [0.1, 0.15) is 0 Å². The lowest BCUT2D eigenvalue weighted by Crippen LogP contribution is -3.00. The lowest BCUT2D eigenvalue weighted by Gasteiger charge is -2.06. The third kappa shape index (κ3) is 719000. The Morgan fingerprint density at radius 2 is 0.636 bits per heavy atom. The number of hydrogen-bond acceptors (Lipinski definition) is 8. The Hall–Kier alpha value is 0.0300. The highest BCUT2D eigenvalue weighted by Gasteiger charge is 1.50. The van der Waals surface area contributed by atoms with Gasteiger partial charge in [-0.3, -0.25) is 16.8 Å². The molecule has 0 aliphatic rings. The zero-order chi connectivity index (χ0) is 9.00. The van der Waals surface area contributed by atoms with Gasteiger partial charge >= 0.3 is 0 Å². The zero-order valence-corrected chi connectivity index (χ0v) is 6.85. The first-order valence-electron chi connectivity index (χ1n) is 1.33. The molecule has 0 bridgehead atoms. The van der Waals surface area contributed by atoms with Crippen LogP contribution in [0.15, 0.2) is 0 Å². The quantitative estimate of drug-likeness (QED) is 0.292. The van der Waals surface area contributed by atoms with Crippen molar-refractivity contribution in [3.05, 3.63) is 0 Å². The average molecular weight is 228 g/mol. The van der Waals surface area contributed by atoms with Gasteiger partial charge in [-0.05, 0) is 0 Å². The molecule has 11 heteroatoms. The van der Waals surface area contributed by atoms with Crippen molar-refractivity contribution in [1.82, 2.24) is 0 Å². The van der Waals surface area contributed by atoms with Crippen LogP contribution in [-0.4, -0.2) is 35.0 Å². The molecule has 0 aliphatic heterocycles. The molecule has 0 heterocycles. The van der Waals surface area contributed by atoms with Crippen LogP contribution in [0.25, 0.3) is 0 Å². The van der Waals surface area contributed by atoms with E-state index in [1.54, 1.807) is 0 Å². The summed E-state index contributed by atoms with van der Waals surface area (Å²) >= 11 is 0. The molecule has 0 saturated carbocycles. The molecule has 11 heavy (non-hydrogen) atoms. The van der Waals surface area contributed by atoms with Crippen molar-refractivity contribution >= 4 is 20.8 Å². The van der Waals surface area contributed by atoms with Crippen molar-refractivity contribution in [3.63, 3.8) is 0 Å². The van der Waals surface area contributed by atoms with Crippen molar-refractivity contribution in [3.8, 4) is 0 Å². The highest BCUT2D eigenvalue weighted by atomic mass is 35.5. The van der Waals surface area contributed by atoms with Crippen LogP contribution in [0.2, 0.25) is 0 Å². The van der Waals surface area contributed by atoms with Gasteiger partial charge in [0.1, 0.15) is 0 Å². The molecule has 72 valence electrons. The minimum atomic E-state index is -5.17. The summed E-state index contributed by atoms with van der Waals surface area (Å²) in [6, 6.07) is 0. The van der Waals surface area contributed by atoms with Crippen LogP contribution < -0.4 is 12.4 Å². The van der Waals surface area contributed by atoms with E-state index >= 15 is 0 Å². The van der Waals surface area contributed by atoms with E-state index < -0.39 is 20.8 Å². The van der Waals surface area contributed by atoms with Crippen molar-refractivity contribution in [2.75, 3.05) is 0 Å². The summed E-state index contributed by atoms with van der Waals surface area (Å²) in [5.41, 5.74) is 0. The molecule has 0 aromatic heterocycles. The van der Waals surface area contributed by atoms with Gasteiger partial charge in [0.2, 0.25) is 0 Å². The maximum Gasteiger partial charge on any atom is 0.0311 e. The van der Waals surface area contributed by atoms with Crippen molar-refractivity contribution in [1.29, 1.82) is 0 Å². The van der Waals surface area contributed by atoms with Crippen molar-refractivity contribution in [2.45, 2.75) is 0 Å². The van der Waals surface area contributed by atoms with Crippen LogP contribution in [0.4, 0.5) is 0 Å². The van der Waals surface area contributed by atoms with Crippen LogP contribution in [0.3, 0.4) is 0 Å². The maximum atomic E-state index is 8.52. The maximum absolute atomic E-state index is 8.52. The predicted molar refractivity (Wildman–Crippen MR) is 20.9 cm³/mol. The molecule has 0 saturated heterocycles. The molecule has 0 aromatic rings. The molecule has 0 fully saturated rings. The number of rotatable bonds is 0. The predicted octanol–water partition coefficient (Wildman–Crippen LogP) is -5.67. The summed E-state index contributed by atoms with van der Waals surface area (Å²) in [6.07, 6.45) is 0. The first-order valence-corrected chi connectivity index (χ1v) is 4.00. The van der Waals surface area contributed by atoms with Crippen LogP contribution >= 0.6 is 0 Å². The normalized spacial score (nSPS) is 10.5. The van der Waals surface area contributed by atoms with E-state index in [0.717, 1.165) is 0 Å². The fourth-order valence-electron chi connectivity index (χ4n) is 0. The SMILES string of the molecule is O=S(=O)([O-])[O-].O=S(=O)([O-])[O-].[Cl-]. The highest BCUT2D eigenvalue weighted by Crippen LogP contribution is 1.58. The van der Waals surface area contributed by atoms with Gasteiger partial charge in [-0.1, -0.05) is 0 Å². The molecule has 0 amide bonds. The second kappa shape index (κ2) is 5.65. The molecule has 0 aliphatic carbocycles. The van der Waals surface area contributed by atoms with E-state index in [0.29, 0.717) is 0 Å². The van der Waals surface area contributed by atoms with E-state index in [1.165, 1.54) is 0 Å². The molecule has 0 radical (unpaired) electrons. The van der Waals surface area contributed by atoms with Crippen LogP contribution in [-0.2, 0) is 20.8 Å². The topological polar surface area (TPSA) is 161 Å². The third-order valence-electron chi connectivity index (χ3n) is 0. The van der Waals surface area contributed by atoms with Gasteiger partial charge in [0.25, 0.3) is 0 Å². The lowest BCUT2D eigenvalue weighted by atomic mass is 15.8. The van der Waals surface area contributed by atoms with Gasteiger partial charge in [0, 0.05) is 20.8 Å². The fraction of sp³-hybridized carbons (Fsp3) is 0. The Morgan fingerprint density at radius 3 is 0.636 bits per heavy atom. The molecule has 0 unspecified atom stereocenters. The van der Waals surface area contributed by atoms with Gasteiger partial charge in [-0.15, -0.1) is 0 Å². The second-order valence-electron chi connectivity index (χ2n) is 0.816. The summed E-state index contributed by atoms with van der Waals surface area (Å²) in [5.74, 6) is 0. The van der Waals surface area contributed by atoms with E-state index in [9.17, 15) is 0 Å². The molecule has 8 nitrogen and oxygen atoms in total. The van der Waals surface area contributed by atoms with E-state index in [2.05, 4.69) is 0 Å². The summed E-state index contributed by atoms with van der Waals surface area (Å²) in [5, 5.41) is 0. The molecule has 0 rings (SSSR count). The molecule has 0 spiro atoms. The Bertz CT molecular complexity index is 208. The number of halogens is 1. The average Bonchev–Trinajstić information content (AvgIpc) is 1.12. The van der Waals surface area contributed by atoms with Gasteiger partial charge in [-0.2, -0.15) is 0 Å². The molecule has 0 atom stereocenters. The summed E-state index contributed by atoms with van der Waals surface area (Å²) < 4.78 is 68.2. The second-order valence-corrected chi connectivity index (χ2v) is 2.45. The van der Waals surface area contributed by atoms with E-state index in [4.69, 9.17) is 35.0 Å². The standard InChI is InChI=1S/ClH.2H2O4S/c;2*1-5(2,3)4/h1H;2*(H2,1,2,3,4)/p-5. The largest absolute Gasteiger partial charge is 1.00 e. The Morgan fingerprint density at radius 1 is 0.636 bits per heavy atom. The highest BCUT2D eigenvalue weighted by molar-refractivity contribution is 7.79. The monoisotopic (exact) mass is 227 g/mol.